The first kappa shape index (κ1) is 21.7. The van der Waals surface area contributed by atoms with Crippen molar-refractivity contribution in [3.63, 3.8) is 0 Å². The van der Waals surface area contributed by atoms with Gasteiger partial charge in [-0.25, -0.2) is 4.79 Å². The number of unbranched alkanes of at least 4 members (excludes halogenated alkanes) is 1. The highest BCUT2D eigenvalue weighted by atomic mass is 16.6. The minimum absolute atomic E-state index is 0.0535. The molecule has 0 aromatic heterocycles. The molecule has 0 aromatic rings. The second-order valence-electron chi connectivity index (χ2n) is 8.11. The highest BCUT2D eigenvalue weighted by Crippen LogP contribution is 2.16. The van der Waals surface area contributed by atoms with Crippen molar-refractivity contribution in [2.75, 3.05) is 32.7 Å². The molecule has 6 heteroatoms. The van der Waals surface area contributed by atoms with Gasteiger partial charge in [-0.2, -0.15) is 0 Å². The van der Waals surface area contributed by atoms with Crippen LogP contribution in [0, 0.1) is 5.92 Å². The Bertz CT molecular complexity index is 399. The summed E-state index contributed by atoms with van der Waals surface area (Å²) in [6, 6.07) is 0. The Morgan fingerprint density at radius 3 is 2.32 bits per heavy atom. The van der Waals surface area contributed by atoms with Crippen LogP contribution in [0.5, 0.6) is 0 Å². The lowest BCUT2D eigenvalue weighted by Crippen LogP contribution is -2.34. The number of hydrogen-bond acceptors (Lipinski definition) is 4. The van der Waals surface area contributed by atoms with Gasteiger partial charge in [-0.1, -0.05) is 6.92 Å². The molecule has 25 heavy (non-hydrogen) atoms. The normalized spacial score (nSPS) is 16.5. The van der Waals surface area contributed by atoms with Gasteiger partial charge in [0.15, 0.2) is 0 Å². The molecule has 1 aliphatic heterocycles. The fourth-order valence-electron chi connectivity index (χ4n) is 2.82. The van der Waals surface area contributed by atoms with Crippen LogP contribution in [0.4, 0.5) is 4.79 Å². The summed E-state index contributed by atoms with van der Waals surface area (Å²) in [5.41, 5.74) is -0.492. The maximum absolute atomic E-state index is 11.8. The van der Waals surface area contributed by atoms with E-state index in [-0.39, 0.29) is 5.91 Å². The molecular formula is C19H37N3O3. The van der Waals surface area contributed by atoms with Gasteiger partial charge in [0.1, 0.15) is 5.60 Å². The number of piperidine rings is 1. The number of nitrogens with one attached hydrogen (secondary N) is 2. The summed E-state index contributed by atoms with van der Waals surface area (Å²) < 4.78 is 5.14. The minimum Gasteiger partial charge on any atom is -0.444 e. The van der Waals surface area contributed by atoms with Crippen LogP contribution in [0.25, 0.3) is 0 Å². The first-order valence-electron chi connectivity index (χ1n) is 9.72. The fraction of sp³-hybridized carbons (Fsp3) is 0.895. The van der Waals surface area contributed by atoms with E-state index in [0.717, 1.165) is 31.8 Å². The van der Waals surface area contributed by atoms with Crippen molar-refractivity contribution >= 4 is 12.0 Å². The summed E-state index contributed by atoms with van der Waals surface area (Å²) in [6.07, 6.45) is 5.40. The van der Waals surface area contributed by atoms with Gasteiger partial charge in [-0.3, -0.25) is 4.79 Å². The lowest BCUT2D eigenvalue weighted by molar-refractivity contribution is -0.121. The van der Waals surface area contributed by atoms with Gasteiger partial charge in [0.2, 0.25) is 5.91 Å². The average molecular weight is 356 g/mol. The lowest BCUT2D eigenvalue weighted by atomic mass is 9.99. The lowest BCUT2D eigenvalue weighted by Gasteiger charge is -2.30. The smallest absolute Gasteiger partial charge is 0.407 e. The summed E-state index contributed by atoms with van der Waals surface area (Å²) in [5.74, 6) is 0.929. The molecule has 146 valence electrons. The fourth-order valence-corrected chi connectivity index (χ4v) is 2.82. The van der Waals surface area contributed by atoms with Crippen molar-refractivity contribution in [1.29, 1.82) is 0 Å². The topological polar surface area (TPSA) is 70.7 Å². The predicted octanol–water partition coefficient (Wildman–Crippen LogP) is 2.92. The van der Waals surface area contributed by atoms with E-state index in [0.29, 0.717) is 19.4 Å². The van der Waals surface area contributed by atoms with Gasteiger partial charge in [0.25, 0.3) is 0 Å². The summed E-state index contributed by atoms with van der Waals surface area (Å²) in [6.45, 7) is 12.6. The third-order valence-corrected chi connectivity index (χ3v) is 4.35. The zero-order chi connectivity index (χ0) is 18.7. The average Bonchev–Trinajstić information content (AvgIpc) is 2.51. The summed E-state index contributed by atoms with van der Waals surface area (Å²) in [7, 11) is 0. The Morgan fingerprint density at radius 2 is 1.68 bits per heavy atom. The van der Waals surface area contributed by atoms with Crippen LogP contribution in [-0.4, -0.2) is 55.2 Å². The molecule has 0 bridgehead atoms. The van der Waals surface area contributed by atoms with Crippen LogP contribution in [0.3, 0.4) is 0 Å². The largest absolute Gasteiger partial charge is 0.444 e. The number of ether oxygens (including phenoxy) is 1. The Labute approximate surface area is 153 Å². The van der Waals surface area contributed by atoms with Crippen molar-refractivity contribution < 1.29 is 14.3 Å². The number of amides is 2. The number of carbonyl (C=O) groups excluding carboxylic acids is 2. The maximum Gasteiger partial charge on any atom is 0.407 e. The zero-order valence-corrected chi connectivity index (χ0v) is 16.5. The Kier molecular flexibility index (Phi) is 9.86. The molecule has 6 nitrogen and oxygen atoms in total. The third kappa shape index (κ3) is 11.8. The van der Waals surface area contributed by atoms with Crippen molar-refractivity contribution in [3.05, 3.63) is 0 Å². The monoisotopic (exact) mass is 355 g/mol. The molecular weight excluding hydrogens is 318 g/mol. The summed E-state index contributed by atoms with van der Waals surface area (Å²) in [5, 5.41) is 5.62. The maximum atomic E-state index is 11.8. The van der Waals surface area contributed by atoms with Crippen LogP contribution in [0.1, 0.15) is 66.2 Å². The van der Waals surface area contributed by atoms with Gasteiger partial charge >= 0.3 is 6.09 Å². The van der Waals surface area contributed by atoms with Crippen LogP contribution in [0.2, 0.25) is 0 Å². The van der Waals surface area contributed by atoms with Gasteiger partial charge < -0.3 is 20.3 Å². The Morgan fingerprint density at radius 1 is 1.04 bits per heavy atom. The minimum atomic E-state index is -0.492. The molecule has 0 radical (unpaired) electrons. The first-order valence-corrected chi connectivity index (χ1v) is 9.72. The van der Waals surface area contributed by atoms with Crippen molar-refractivity contribution in [2.24, 2.45) is 5.92 Å². The van der Waals surface area contributed by atoms with E-state index in [4.69, 9.17) is 4.74 Å². The van der Waals surface area contributed by atoms with Crippen molar-refractivity contribution in [1.82, 2.24) is 15.5 Å². The molecule has 0 spiro atoms. The number of hydrogen-bond donors (Lipinski definition) is 2. The van der Waals surface area contributed by atoms with Gasteiger partial charge in [0, 0.05) is 19.5 Å². The van der Waals surface area contributed by atoms with E-state index in [2.05, 4.69) is 22.5 Å². The standard InChI is InChI=1S/C19H37N3O3/c1-16-9-14-22(15-10-16)13-6-5-11-20-17(23)8-7-12-21-18(24)25-19(2,3)4/h16H,5-15H2,1-4H3,(H,20,23)(H,21,24). The van der Waals surface area contributed by atoms with E-state index in [1.54, 1.807) is 0 Å². The van der Waals surface area contributed by atoms with E-state index in [1.807, 2.05) is 20.8 Å². The van der Waals surface area contributed by atoms with Crippen LogP contribution < -0.4 is 10.6 Å². The molecule has 0 unspecified atom stereocenters. The Balaban J connectivity index is 1.93. The molecule has 2 amide bonds. The first-order chi connectivity index (χ1) is 11.8. The van der Waals surface area contributed by atoms with Gasteiger partial charge in [-0.15, -0.1) is 0 Å². The Hall–Kier alpha value is -1.30. The second-order valence-corrected chi connectivity index (χ2v) is 8.11. The van der Waals surface area contributed by atoms with Gasteiger partial charge in [-0.05, 0) is 78.4 Å². The molecule has 1 aliphatic rings. The molecule has 0 atom stereocenters. The highest BCUT2D eigenvalue weighted by Gasteiger charge is 2.16. The molecule has 0 aliphatic carbocycles. The number of rotatable bonds is 9. The molecule has 0 aromatic carbocycles. The predicted molar refractivity (Wildman–Crippen MR) is 101 cm³/mol. The van der Waals surface area contributed by atoms with Crippen molar-refractivity contribution in [2.45, 2.75) is 71.8 Å². The third-order valence-electron chi connectivity index (χ3n) is 4.35. The van der Waals surface area contributed by atoms with Crippen LogP contribution in [0.15, 0.2) is 0 Å². The SMILES string of the molecule is CC1CCN(CCCCNC(=O)CCCNC(=O)OC(C)(C)C)CC1. The van der Waals surface area contributed by atoms with Crippen LogP contribution >= 0.6 is 0 Å². The molecule has 1 rings (SSSR count). The summed E-state index contributed by atoms with van der Waals surface area (Å²) in [4.78, 5) is 25.7. The van der Waals surface area contributed by atoms with Crippen LogP contribution in [-0.2, 0) is 9.53 Å². The number of nitrogens with zero attached hydrogens (tertiary/aromatic N) is 1. The molecule has 1 fully saturated rings. The molecule has 2 N–H and O–H groups in total. The number of likely N-dealkylation sites (tertiary alicyclic amines) is 1. The molecule has 0 saturated carbocycles. The van der Waals surface area contributed by atoms with Gasteiger partial charge in [0.05, 0.1) is 0 Å². The van der Waals surface area contributed by atoms with E-state index in [1.165, 1.54) is 25.9 Å². The molecule has 1 heterocycles. The van der Waals surface area contributed by atoms with E-state index < -0.39 is 11.7 Å². The second kappa shape index (κ2) is 11.3. The zero-order valence-electron chi connectivity index (χ0n) is 16.5. The highest BCUT2D eigenvalue weighted by molar-refractivity contribution is 5.75. The summed E-state index contributed by atoms with van der Waals surface area (Å²) >= 11 is 0. The number of alkyl carbamates (subject to hydrolysis) is 1. The van der Waals surface area contributed by atoms with E-state index in [9.17, 15) is 9.59 Å². The number of carbonyl (C=O) groups is 2. The molecule has 1 saturated heterocycles. The van der Waals surface area contributed by atoms with E-state index >= 15 is 0 Å². The quantitative estimate of drug-likeness (QED) is 0.624. The van der Waals surface area contributed by atoms with Crippen molar-refractivity contribution in [3.8, 4) is 0 Å².